The number of rotatable bonds is 2. The van der Waals surface area contributed by atoms with Gasteiger partial charge in [0.15, 0.2) is 0 Å². The molecular formula is C12H20BrN3O. The van der Waals surface area contributed by atoms with E-state index in [1.54, 1.807) is 0 Å². The third kappa shape index (κ3) is 2.89. The Balaban J connectivity index is 2.10. The Labute approximate surface area is 111 Å². The van der Waals surface area contributed by atoms with Crippen molar-refractivity contribution in [2.75, 3.05) is 13.1 Å². The highest BCUT2D eigenvalue weighted by molar-refractivity contribution is 9.10. The third-order valence-corrected chi connectivity index (χ3v) is 4.16. The van der Waals surface area contributed by atoms with E-state index in [9.17, 15) is 0 Å². The second-order valence-electron chi connectivity index (χ2n) is 4.92. The minimum absolute atomic E-state index is 0.312. The number of hydrogen-bond donors (Lipinski definition) is 0. The van der Waals surface area contributed by atoms with Crippen LogP contribution < -0.4 is 0 Å². The van der Waals surface area contributed by atoms with Crippen molar-refractivity contribution in [3.05, 3.63) is 15.9 Å². The van der Waals surface area contributed by atoms with Gasteiger partial charge in [0.1, 0.15) is 0 Å². The van der Waals surface area contributed by atoms with Gasteiger partial charge in [-0.1, -0.05) is 0 Å². The van der Waals surface area contributed by atoms with E-state index in [1.165, 1.54) is 5.69 Å². The van der Waals surface area contributed by atoms with Crippen LogP contribution in [0.1, 0.15) is 25.2 Å². The zero-order valence-corrected chi connectivity index (χ0v) is 12.5. The minimum Gasteiger partial charge on any atom is -0.373 e. The van der Waals surface area contributed by atoms with Gasteiger partial charge in [0.05, 0.1) is 28.1 Å². The molecule has 1 aliphatic rings. The highest BCUT2D eigenvalue weighted by Crippen LogP contribution is 2.23. The topological polar surface area (TPSA) is 30.3 Å². The molecule has 1 saturated heterocycles. The second-order valence-corrected chi connectivity index (χ2v) is 5.71. The van der Waals surface area contributed by atoms with E-state index in [1.807, 2.05) is 18.7 Å². The first kappa shape index (κ1) is 13.1. The molecule has 4 nitrogen and oxygen atoms in total. The van der Waals surface area contributed by atoms with Gasteiger partial charge in [-0.05, 0) is 36.7 Å². The van der Waals surface area contributed by atoms with Crippen LogP contribution in [0.25, 0.3) is 0 Å². The van der Waals surface area contributed by atoms with Crippen molar-refractivity contribution in [3.63, 3.8) is 0 Å². The molecule has 1 fully saturated rings. The first-order valence-corrected chi connectivity index (χ1v) is 6.82. The molecule has 0 bridgehead atoms. The molecule has 0 aromatic carbocycles. The fourth-order valence-electron chi connectivity index (χ4n) is 2.48. The highest BCUT2D eigenvalue weighted by Gasteiger charge is 2.24. The quantitative estimate of drug-likeness (QED) is 0.838. The smallest absolute Gasteiger partial charge is 0.0739 e. The van der Waals surface area contributed by atoms with E-state index in [-0.39, 0.29) is 0 Å². The van der Waals surface area contributed by atoms with E-state index >= 15 is 0 Å². The van der Waals surface area contributed by atoms with Crippen molar-refractivity contribution < 1.29 is 4.74 Å². The summed E-state index contributed by atoms with van der Waals surface area (Å²) in [5.41, 5.74) is 2.29. The van der Waals surface area contributed by atoms with Gasteiger partial charge >= 0.3 is 0 Å². The monoisotopic (exact) mass is 301 g/mol. The number of aryl methyl sites for hydroxylation is 2. The van der Waals surface area contributed by atoms with E-state index < -0.39 is 0 Å². The average Bonchev–Trinajstić information content (AvgIpc) is 2.44. The molecule has 2 atom stereocenters. The Hall–Kier alpha value is -0.390. The first-order chi connectivity index (χ1) is 7.97. The van der Waals surface area contributed by atoms with E-state index in [0.717, 1.165) is 29.8 Å². The summed E-state index contributed by atoms with van der Waals surface area (Å²) in [6.07, 6.45) is 0.624. The molecule has 5 heteroatoms. The van der Waals surface area contributed by atoms with Crippen LogP contribution in [0.2, 0.25) is 0 Å². The first-order valence-electron chi connectivity index (χ1n) is 6.03. The Morgan fingerprint density at radius 1 is 1.35 bits per heavy atom. The lowest BCUT2D eigenvalue weighted by molar-refractivity contribution is -0.0710. The van der Waals surface area contributed by atoms with Gasteiger partial charge in [0, 0.05) is 26.7 Å². The van der Waals surface area contributed by atoms with Crippen molar-refractivity contribution in [1.29, 1.82) is 0 Å². The Morgan fingerprint density at radius 3 is 2.41 bits per heavy atom. The predicted octanol–water partition coefficient (Wildman–Crippen LogP) is 2.10. The van der Waals surface area contributed by atoms with Crippen LogP contribution in [-0.2, 0) is 18.3 Å². The average molecular weight is 302 g/mol. The maximum absolute atomic E-state index is 5.74. The summed E-state index contributed by atoms with van der Waals surface area (Å²) in [6.45, 7) is 9.19. The molecule has 17 heavy (non-hydrogen) atoms. The number of aromatic nitrogens is 2. The number of hydrogen-bond acceptors (Lipinski definition) is 3. The predicted molar refractivity (Wildman–Crippen MR) is 70.9 cm³/mol. The largest absolute Gasteiger partial charge is 0.373 e. The van der Waals surface area contributed by atoms with Crippen molar-refractivity contribution >= 4 is 15.9 Å². The zero-order valence-electron chi connectivity index (χ0n) is 10.9. The summed E-state index contributed by atoms with van der Waals surface area (Å²) in [5.74, 6) is 0. The zero-order chi connectivity index (χ0) is 12.6. The van der Waals surface area contributed by atoms with Gasteiger partial charge in [0.25, 0.3) is 0 Å². The molecule has 1 aromatic rings. The van der Waals surface area contributed by atoms with Crippen molar-refractivity contribution in [2.45, 2.75) is 39.5 Å². The number of halogens is 1. The van der Waals surface area contributed by atoms with Gasteiger partial charge in [-0.3, -0.25) is 9.58 Å². The van der Waals surface area contributed by atoms with Crippen LogP contribution in [0.5, 0.6) is 0 Å². The molecule has 96 valence electrons. The van der Waals surface area contributed by atoms with Gasteiger partial charge in [-0.25, -0.2) is 0 Å². The fourth-order valence-corrected chi connectivity index (χ4v) is 2.94. The van der Waals surface area contributed by atoms with Gasteiger partial charge in [-0.15, -0.1) is 0 Å². The summed E-state index contributed by atoms with van der Waals surface area (Å²) < 4.78 is 8.84. The number of nitrogens with zero attached hydrogens (tertiary/aromatic N) is 3. The highest BCUT2D eigenvalue weighted by atomic mass is 79.9. The van der Waals surface area contributed by atoms with E-state index in [0.29, 0.717) is 12.2 Å². The van der Waals surface area contributed by atoms with Crippen molar-refractivity contribution in [2.24, 2.45) is 7.05 Å². The maximum atomic E-state index is 5.74. The molecule has 1 aliphatic heterocycles. The molecule has 0 aliphatic carbocycles. The summed E-state index contributed by atoms with van der Waals surface area (Å²) in [6, 6.07) is 0. The lowest BCUT2D eigenvalue weighted by Crippen LogP contribution is -2.45. The van der Waals surface area contributed by atoms with Crippen LogP contribution >= 0.6 is 15.9 Å². The molecular weight excluding hydrogens is 282 g/mol. The molecule has 0 N–H and O–H groups in total. The number of morpholine rings is 1. The Bertz CT molecular complexity index is 395. The summed E-state index contributed by atoms with van der Waals surface area (Å²) in [7, 11) is 2.00. The van der Waals surface area contributed by atoms with E-state index in [2.05, 4.69) is 39.8 Å². The van der Waals surface area contributed by atoms with Crippen molar-refractivity contribution in [3.8, 4) is 0 Å². The lowest BCUT2D eigenvalue weighted by Gasteiger charge is -2.35. The molecule has 0 radical (unpaired) electrons. The maximum Gasteiger partial charge on any atom is 0.0739 e. The van der Waals surface area contributed by atoms with Crippen LogP contribution in [0.3, 0.4) is 0 Å². The SMILES string of the molecule is Cc1nn(C)c(CN2CC(C)OC(C)C2)c1Br. The lowest BCUT2D eigenvalue weighted by atomic mass is 10.2. The molecule has 2 rings (SSSR count). The molecule has 0 saturated carbocycles. The van der Waals surface area contributed by atoms with E-state index in [4.69, 9.17) is 4.74 Å². The van der Waals surface area contributed by atoms with Crippen LogP contribution in [0.4, 0.5) is 0 Å². The normalized spacial score (nSPS) is 26.4. The molecule has 1 aromatic heterocycles. The second kappa shape index (κ2) is 5.08. The standard InChI is InChI=1S/C12H20BrN3O/c1-8-5-16(6-9(2)17-8)7-11-12(13)10(3)14-15(11)4/h8-9H,5-7H2,1-4H3. The fraction of sp³-hybridized carbons (Fsp3) is 0.750. The minimum atomic E-state index is 0.312. The summed E-state index contributed by atoms with van der Waals surface area (Å²) in [4.78, 5) is 2.43. The molecule has 2 heterocycles. The van der Waals surface area contributed by atoms with Crippen LogP contribution in [-0.4, -0.2) is 40.0 Å². The van der Waals surface area contributed by atoms with Crippen LogP contribution in [0, 0.1) is 6.92 Å². The Morgan fingerprint density at radius 2 is 1.94 bits per heavy atom. The molecule has 0 spiro atoms. The van der Waals surface area contributed by atoms with Gasteiger partial charge < -0.3 is 4.74 Å². The third-order valence-electron chi connectivity index (χ3n) is 3.13. The number of ether oxygens (including phenoxy) is 1. The summed E-state index contributed by atoms with van der Waals surface area (Å²) >= 11 is 3.62. The molecule has 2 unspecified atom stereocenters. The summed E-state index contributed by atoms with van der Waals surface area (Å²) in [5, 5.41) is 4.43. The van der Waals surface area contributed by atoms with Gasteiger partial charge in [0.2, 0.25) is 0 Å². The molecule has 0 amide bonds. The Kier molecular flexibility index (Phi) is 3.90. The van der Waals surface area contributed by atoms with Gasteiger partial charge in [-0.2, -0.15) is 5.10 Å². The van der Waals surface area contributed by atoms with Crippen molar-refractivity contribution in [1.82, 2.24) is 14.7 Å². The van der Waals surface area contributed by atoms with Crippen LogP contribution in [0.15, 0.2) is 4.47 Å².